The molecule has 20 heavy (non-hydrogen) atoms. The molecular weight excluding hydrogens is 282 g/mol. The highest BCUT2D eigenvalue weighted by atomic mass is 19.4. The molecule has 0 spiro atoms. The van der Waals surface area contributed by atoms with Crippen LogP contribution in [0.1, 0.15) is 27.6 Å². The first-order chi connectivity index (χ1) is 9.29. The number of nitrogens with zero attached hydrogens (tertiary/aromatic N) is 3. The van der Waals surface area contributed by atoms with Gasteiger partial charge in [0.05, 0.1) is 17.7 Å². The fourth-order valence-corrected chi connectivity index (χ4v) is 1.85. The summed E-state index contributed by atoms with van der Waals surface area (Å²) in [6, 6.07) is 5.64. The van der Waals surface area contributed by atoms with E-state index in [2.05, 4.69) is 0 Å². The van der Waals surface area contributed by atoms with Crippen LogP contribution in [-0.2, 0) is 0 Å². The maximum Gasteiger partial charge on any atom is 0.261 e. The summed E-state index contributed by atoms with van der Waals surface area (Å²) in [5.41, 5.74) is -3.06. The molecule has 1 aliphatic rings. The molecule has 0 N–H and O–H groups in total. The predicted octanol–water partition coefficient (Wildman–Crippen LogP) is 2.14. The molecule has 0 aliphatic carbocycles. The SMILES string of the molecule is CC(CN1C(=O)c2ccccc2C1=O)(N(F)F)N(F)F. The van der Waals surface area contributed by atoms with Crippen molar-refractivity contribution in [1.29, 1.82) is 0 Å². The van der Waals surface area contributed by atoms with Crippen LogP contribution in [0, 0.1) is 0 Å². The van der Waals surface area contributed by atoms with Crippen molar-refractivity contribution in [3.63, 3.8) is 0 Å². The second-order valence-corrected chi connectivity index (χ2v) is 4.42. The molecule has 1 aromatic carbocycles. The maximum atomic E-state index is 12.6. The molecule has 1 aromatic rings. The van der Waals surface area contributed by atoms with Crippen LogP contribution in [0.4, 0.5) is 17.9 Å². The van der Waals surface area contributed by atoms with Crippen LogP contribution in [-0.4, -0.2) is 39.6 Å². The van der Waals surface area contributed by atoms with Crippen LogP contribution in [0.25, 0.3) is 0 Å². The van der Waals surface area contributed by atoms with Crippen molar-refractivity contribution < 1.29 is 27.5 Å². The van der Waals surface area contributed by atoms with Crippen molar-refractivity contribution in [3.05, 3.63) is 35.4 Å². The Balaban J connectivity index is 2.33. The molecule has 0 saturated carbocycles. The van der Waals surface area contributed by atoms with E-state index in [1.807, 2.05) is 0 Å². The Morgan fingerprint density at radius 1 is 1.00 bits per heavy atom. The van der Waals surface area contributed by atoms with Crippen molar-refractivity contribution in [2.75, 3.05) is 6.54 Å². The van der Waals surface area contributed by atoms with Gasteiger partial charge in [-0.15, -0.1) is 0 Å². The zero-order valence-electron chi connectivity index (χ0n) is 10.2. The quantitative estimate of drug-likeness (QED) is 0.369. The normalized spacial score (nSPS) is 15.4. The van der Waals surface area contributed by atoms with Gasteiger partial charge in [0.2, 0.25) is 5.66 Å². The summed E-state index contributed by atoms with van der Waals surface area (Å²) in [7, 11) is 0. The summed E-state index contributed by atoms with van der Waals surface area (Å²) in [6.07, 6.45) is 0. The molecule has 108 valence electrons. The lowest BCUT2D eigenvalue weighted by Crippen LogP contribution is -2.55. The predicted molar refractivity (Wildman–Crippen MR) is 58.3 cm³/mol. The Hall–Kier alpha value is -2.00. The first-order valence-electron chi connectivity index (χ1n) is 5.48. The van der Waals surface area contributed by atoms with Crippen molar-refractivity contribution in [2.24, 2.45) is 0 Å². The minimum absolute atomic E-state index is 0.00776. The summed E-state index contributed by atoms with van der Waals surface area (Å²) in [6.45, 7) is -0.657. The van der Waals surface area contributed by atoms with Crippen LogP contribution < -0.4 is 0 Å². The molecule has 0 atom stereocenters. The molecule has 2 amide bonds. The third-order valence-electron chi connectivity index (χ3n) is 3.06. The largest absolute Gasteiger partial charge is 0.271 e. The Morgan fingerprint density at radius 3 is 1.75 bits per heavy atom. The van der Waals surface area contributed by atoms with Gasteiger partial charge in [-0.3, -0.25) is 14.5 Å². The van der Waals surface area contributed by atoms with Gasteiger partial charge >= 0.3 is 0 Å². The van der Waals surface area contributed by atoms with Crippen LogP contribution in [0.2, 0.25) is 0 Å². The smallest absolute Gasteiger partial charge is 0.261 e. The topological polar surface area (TPSA) is 43.9 Å². The number of carbonyl (C=O) groups is 2. The van der Waals surface area contributed by atoms with Gasteiger partial charge < -0.3 is 0 Å². The van der Waals surface area contributed by atoms with Gasteiger partial charge in [-0.1, -0.05) is 30.1 Å². The molecule has 0 bridgehead atoms. The average Bonchev–Trinajstić information content (AvgIpc) is 2.64. The van der Waals surface area contributed by atoms with Crippen molar-refractivity contribution >= 4 is 11.8 Å². The lowest BCUT2D eigenvalue weighted by atomic mass is 10.1. The van der Waals surface area contributed by atoms with Crippen LogP contribution >= 0.6 is 0 Å². The van der Waals surface area contributed by atoms with E-state index in [0.29, 0.717) is 11.8 Å². The zero-order chi connectivity index (χ0) is 15.1. The molecule has 2 rings (SSSR count). The maximum absolute atomic E-state index is 12.6. The molecule has 5 nitrogen and oxygen atoms in total. The molecule has 9 heteroatoms. The third kappa shape index (κ3) is 2.04. The van der Waals surface area contributed by atoms with Gasteiger partial charge in [0, 0.05) is 10.7 Å². The zero-order valence-corrected chi connectivity index (χ0v) is 10.2. The summed E-state index contributed by atoms with van der Waals surface area (Å²) in [5.74, 6) is -1.75. The summed E-state index contributed by atoms with van der Waals surface area (Å²) in [4.78, 5) is 24.2. The van der Waals surface area contributed by atoms with E-state index in [9.17, 15) is 27.5 Å². The second kappa shape index (κ2) is 4.84. The highest BCUT2D eigenvalue weighted by Gasteiger charge is 2.48. The van der Waals surface area contributed by atoms with Crippen molar-refractivity contribution in [3.8, 4) is 0 Å². The summed E-state index contributed by atoms with van der Waals surface area (Å²) in [5, 5.41) is -3.48. The number of imide groups is 1. The number of carbonyl (C=O) groups excluding carboxylic acids is 2. The minimum Gasteiger partial charge on any atom is -0.271 e. The first kappa shape index (κ1) is 14.4. The number of halogens is 4. The number of rotatable bonds is 4. The number of amides is 2. The van der Waals surface area contributed by atoms with Gasteiger partial charge in [0.25, 0.3) is 11.8 Å². The van der Waals surface area contributed by atoms with E-state index in [-0.39, 0.29) is 11.1 Å². The average molecular weight is 291 g/mol. The van der Waals surface area contributed by atoms with E-state index in [4.69, 9.17) is 0 Å². The number of hydrogen-bond acceptors (Lipinski definition) is 4. The standard InChI is InChI=1S/C11H9F4N3O2/c1-11(17(12)13,18(14)15)6-16-9(19)7-4-2-3-5-8(7)10(16)20/h2-5H,6H2,1H3. The second-order valence-electron chi connectivity index (χ2n) is 4.42. The van der Waals surface area contributed by atoms with Crippen LogP contribution in [0.5, 0.6) is 0 Å². The highest BCUT2D eigenvalue weighted by Crippen LogP contribution is 2.29. The lowest BCUT2D eigenvalue weighted by Gasteiger charge is -2.31. The number of fused-ring (bicyclic) bond motifs is 1. The summed E-state index contributed by atoms with van der Waals surface area (Å²) >= 11 is 0. The molecule has 0 saturated heterocycles. The van der Waals surface area contributed by atoms with Gasteiger partial charge in [-0.25, -0.2) is 0 Å². The van der Waals surface area contributed by atoms with E-state index in [0.717, 1.165) is 0 Å². The van der Waals surface area contributed by atoms with Gasteiger partial charge in [-0.2, -0.15) is 0 Å². The summed E-state index contributed by atoms with van der Waals surface area (Å²) < 4.78 is 50.5. The third-order valence-corrected chi connectivity index (χ3v) is 3.06. The van der Waals surface area contributed by atoms with E-state index >= 15 is 0 Å². The van der Waals surface area contributed by atoms with Crippen LogP contribution in [0.15, 0.2) is 24.3 Å². The van der Waals surface area contributed by atoms with Gasteiger partial charge in [-0.05, 0) is 19.1 Å². The van der Waals surface area contributed by atoms with E-state index < -0.39 is 34.7 Å². The Morgan fingerprint density at radius 2 is 1.40 bits per heavy atom. The molecule has 0 aromatic heterocycles. The number of benzene rings is 1. The Bertz CT molecular complexity index is 521. The molecule has 1 heterocycles. The molecule has 0 radical (unpaired) electrons. The van der Waals surface area contributed by atoms with E-state index in [1.54, 1.807) is 0 Å². The lowest BCUT2D eigenvalue weighted by molar-refractivity contribution is -0.365. The minimum atomic E-state index is -3.08. The van der Waals surface area contributed by atoms with E-state index in [1.165, 1.54) is 24.3 Å². The fourth-order valence-electron chi connectivity index (χ4n) is 1.85. The molecule has 0 fully saturated rings. The van der Waals surface area contributed by atoms with Gasteiger partial charge in [0.1, 0.15) is 0 Å². The highest BCUT2D eigenvalue weighted by molar-refractivity contribution is 6.21. The molecule has 0 unspecified atom stereocenters. The first-order valence-corrected chi connectivity index (χ1v) is 5.48. The van der Waals surface area contributed by atoms with Crippen LogP contribution in [0.3, 0.4) is 0 Å². The van der Waals surface area contributed by atoms with Gasteiger partial charge in [0.15, 0.2) is 0 Å². The molecular formula is C11H9F4N3O2. The van der Waals surface area contributed by atoms with Crippen molar-refractivity contribution in [2.45, 2.75) is 12.6 Å². The monoisotopic (exact) mass is 291 g/mol. The Labute approximate surface area is 110 Å². The fraction of sp³-hybridized carbons (Fsp3) is 0.273. The number of hydrogen-bond donors (Lipinski definition) is 0. The molecule has 1 aliphatic heterocycles. The van der Waals surface area contributed by atoms with Crippen molar-refractivity contribution in [1.82, 2.24) is 15.6 Å². The Kier molecular flexibility index (Phi) is 3.48.